The average Bonchev–Trinajstić information content (AvgIpc) is 2.58. The Morgan fingerprint density at radius 3 is 2.04 bits per heavy atom. The summed E-state index contributed by atoms with van der Waals surface area (Å²) in [6, 6.07) is 17.1. The first-order chi connectivity index (χ1) is 11.1. The molecule has 2 aromatic rings. The quantitative estimate of drug-likeness (QED) is 0.766. The SMILES string of the molecule is NC(=O)CNC(=O)CCC(=O)c1ccc(-c2ccccc2)cc1. The van der Waals surface area contributed by atoms with Crippen LogP contribution in [0.4, 0.5) is 0 Å². The number of Topliss-reactive ketones (excluding diaryl/α,β-unsaturated/α-hetero) is 1. The van der Waals surface area contributed by atoms with E-state index < -0.39 is 5.91 Å². The van der Waals surface area contributed by atoms with Crippen LogP contribution in [-0.2, 0) is 9.59 Å². The average molecular weight is 310 g/mol. The van der Waals surface area contributed by atoms with Crippen LogP contribution >= 0.6 is 0 Å². The van der Waals surface area contributed by atoms with Crippen molar-refractivity contribution in [1.29, 1.82) is 0 Å². The van der Waals surface area contributed by atoms with Crippen LogP contribution in [0.2, 0.25) is 0 Å². The zero-order valence-electron chi connectivity index (χ0n) is 12.6. The molecule has 3 N–H and O–H groups in total. The normalized spacial score (nSPS) is 10.1. The zero-order valence-corrected chi connectivity index (χ0v) is 12.6. The van der Waals surface area contributed by atoms with E-state index in [1.807, 2.05) is 42.5 Å². The molecule has 0 aromatic heterocycles. The number of primary amides is 1. The van der Waals surface area contributed by atoms with Gasteiger partial charge >= 0.3 is 0 Å². The summed E-state index contributed by atoms with van der Waals surface area (Å²) in [4.78, 5) is 34.1. The zero-order chi connectivity index (χ0) is 16.7. The number of nitrogens with one attached hydrogen (secondary N) is 1. The number of ketones is 1. The largest absolute Gasteiger partial charge is 0.368 e. The number of benzene rings is 2. The van der Waals surface area contributed by atoms with Gasteiger partial charge in [0.25, 0.3) is 0 Å². The maximum absolute atomic E-state index is 12.1. The van der Waals surface area contributed by atoms with E-state index in [2.05, 4.69) is 5.32 Å². The fourth-order valence-corrected chi connectivity index (χ4v) is 2.12. The highest BCUT2D eigenvalue weighted by molar-refractivity contribution is 5.98. The lowest BCUT2D eigenvalue weighted by atomic mass is 10.0. The maximum Gasteiger partial charge on any atom is 0.236 e. The molecule has 0 fully saturated rings. The van der Waals surface area contributed by atoms with Crippen molar-refractivity contribution >= 4 is 17.6 Å². The van der Waals surface area contributed by atoms with Crippen LogP contribution in [0.3, 0.4) is 0 Å². The van der Waals surface area contributed by atoms with E-state index in [1.165, 1.54) is 0 Å². The Morgan fingerprint density at radius 2 is 1.43 bits per heavy atom. The fourth-order valence-electron chi connectivity index (χ4n) is 2.12. The van der Waals surface area contributed by atoms with Gasteiger partial charge in [0, 0.05) is 18.4 Å². The van der Waals surface area contributed by atoms with Crippen LogP contribution in [0.15, 0.2) is 54.6 Å². The van der Waals surface area contributed by atoms with Gasteiger partial charge in [0.1, 0.15) is 0 Å². The van der Waals surface area contributed by atoms with Crippen molar-refractivity contribution < 1.29 is 14.4 Å². The second-order valence-electron chi connectivity index (χ2n) is 5.11. The Balaban J connectivity index is 1.90. The molecule has 0 radical (unpaired) electrons. The molecule has 0 spiro atoms. The molecule has 2 amide bonds. The van der Waals surface area contributed by atoms with Crippen molar-refractivity contribution in [3.8, 4) is 11.1 Å². The summed E-state index contributed by atoms with van der Waals surface area (Å²) in [5.41, 5.74) is 7.60. The second-order valence-corrected chi connectivity index (χ2v) is 5.11. The Bertz CT molecular complexity index is 694. The van der Waals surface area contributed by atoms with E-state index >= 15 is 0 Å². The smallest absolute Gasteiger partial charge is 0.236 e. The van der Waals surface area contributed by atoms with Gasteiger partial charge in [-0.15, -0.1) is 0 Å². The van der Waals surface area contributed by atoms with E-state index in [9.17, 15) is 14.4 Å². The number of hydrogen-bond acceptors (Lipinski definition) is 3. The molecule has 0 aliphatic carbocycles. The number of carbonyl (C=O) groups is 3. The molecule has 23 heavy (non-hydrogen) atoms. The first-order valence-electron chi connectivity index (χ1n) is 7.30. The van der Waals surface area contributed by atoms with Crippen LogP contribution < -0.4 is 11.1 Å². The van der Waals surface area contributed by atoms with Gasteiger partial charge in [-0.25, -0.2) is 0 Å². The van der Waals surface area contributed by atoms with Crippen molar-refractivity contribution in [1.82, 2.24) is 5.32 Å². The molecule has 0 atom stereocenters. The number of carbonyl (C=O) groups excluding carboxylic acids is 3. The van der Waals surface area contributed by atoms with Gasteiger partial charge in [0.05, 0.1) is 6.54 Å². The van der Waals surface area contributed by atoms with Crippen LogP contribution in [0.25, 0.3) is 11.1 Å². The van der Waals surface area contributed by atoms with Crippen molar-refractivity contribution in [3.63, 3.8) is 0 Å². The van der Waals surface area contributed by atoms with Gasteiger partial charge in [0.2, 0.25) is 11.8 Å². The molecule has 0 saturated heterocycles. The molecule has 0 aliphatic rings. The standard InChI is InChI=1S/C18H18N2O3/c19-17(22)12-20-18(23)11-10-16(21)15-8-6-14(7-9-15)13-4-2-1-3-5-13/h1-9H,10-12H2,(H2,19,22)(H,20,23). The van der Waals surface area contributed by atoms with E-state index in [0.29, 0.717) is 5.56 Å². The Kier molecular flexibility index (Phi) is 5.63. The van der Waals surface area contributed by atoms with E-state index in [1.54, 1.807) is 12.1 Å². The molecule has 118 valence electrons. The maximum atomic E-state index is 12.1. The summed E-state index contributed by atoms with van der Waals surface area (Å²) in [7, 11) is 0. The van der Waals surface area contributed by atoms with Gasteiger partial charge < -0.3 is 11.1 Å². The van der Waals surface area contributed by atoms with Gasteiger partial charge in [-0.1, -0.05) is 54.6 Å². The summed E-state index contributed by atoms with van der Waals surface area (Å²) in [6.45, 7) is -0.210. The third-order valence-corrected chi connectivity index (χ3v) is 3.35. The summed E-state index contributed by atoms with van der Waals surface area (Å²) < 4.78 is 0. The predicted octanol–water partition coefficient (Wildman–Crippen LogP) is 1.92. The summed E-state index contributed by atoms with van der Waals surface area (Å²) in [5.74, 6) is -1.09. The monoisotopic (exact) mass is 310 g/mol. The van der Waals surface area contributed by atoms with Crippen molar-refractivity contribution in [2.45, 2.75) is 12.8 Å². The minimum atomic E-state index is -0.610. The Labute approximate surface area is 134 Å². The molecular weight excluding hydrogens is 292 g/mol. The molecule has 2 aromatic carbocycles. The minimum absolute atomic E-state index is 0.0343. The molecule has 5 heteroatoms. The lowest BCUT2D eigenvalue weighted by Crippen LogP contribution is -2.33. The molecular formula is C18H18N2O3. The first-order valence-corrected chi connectivity index (χ1v) is 7.30. The molecule has 0 unspecified atom stereocenters. The van der Waals surface area contributed by atoms with Crippen molar-refractivity contribution in [2.75, 3.05) is 6.54 Å². The van der Waals surface area contributed by atoms with Crippen LogP contribution in [0.1, 0.15) is 23.2 Å². The topological polar surface area (TPSA) is 89.3 Å². The van der Waals surface area contributed by atoms with Gasteiger partial charge in [0.15, 0.2) is 5.78 Å². The summed E-state index contributed by atoms with van der Waals surface area (Å²) >= 11 is 0. The van der Waals surface area contributed by atoms with E-state index in [0.717, 1.165) is 11.1 Å². The Morgan fingerprint density at radius 1 is 0.826 bits per heavy atom. The van der Waals surface area contributed by atoms with Crippen LogP contribution in [-0.4, -0.2) is 24.1 Å². The lowest BCUT2D eigenvalue weighted by molar-refractivity contribution is -0.124. The molecule has 2 rings (SSSR count). The highest BCUT2D eigenvalue weighted by Crippen LogP contribution is 2.19. The number of nitrogens with two attached hydrogens (primary N) is 1. The van der Waals surface area contributed by atoms with Crippen LogP contribution in [0.5, 0.6) is 0 Å². The van der Waals surface area contributed by atoms with E-state index in [4.69, 9.17) is 5.73 Å². The Hall–Kier alpha value is -2.95. The third kappa shape index (κ3) is 5.07. The van der Waals surface area contributed by atoms with Gasteiger partial charge in [-0.3, -0.25) is 14.4 Å². The molecule has 0 heterocycles. The fraction of sp³-hybridized carbons (Fsp3) is 0.167. The van der Waals surface area contributed by atoms with E-state index in [-0.39, 0.29) is 31.1 Å². The summed E-state index contributed by atoms with van der Waals surface area (Å²) in [6.07, 6.45) is 0.127. The predicted molar refractivity (Wildman–Crippen MR) is 87.6 cm³/mol. The second kappa shape index (κ2) is 7.89. The molecule has 0 aliphatic heterocycles. The number of rotatable bonds is 7. The lowest BCUT2D eigenvalue weighted by Gasteiger charge is -2.05. The molecule has 0 saturated carbocycles. The number of amides is 2. The molecule has 0 bridgehead atoms. The minimum Gasteiger partial charge on any atom is -0.368 e. The van der Waals surface area contributed by atoms with Crippen LogP contribution in [0, 0.1) is 0 Å². The van der Waals surface area contributed by atoms with Gasteiger partial charge in [-0.2, -0.15) is 0 Å². The van der Waals surface area contributed by atoms with Crippen molar-refractivity contribution in [3.05, 3.63) is 60.2 Å². The number of hydrogen-bond donors (Lipinski definition) is 2. The third-order valence-electron chi connectivity index (χ3n) is 3.35. The molecule has 5 nitrogen and oxygen atoms in total. The van der Waals surface area contributed by atoms with Crippen molar-refractivity contribution in [2.24, 2.45) is 5.73 Å². The first kappa shape index (κ1) is 16.4. The highest BCUT2D eigenvalue weighted by Gasteiger charge is 2.10. The van der Waals surface area contributed by atoms with Gasteiger partial charge in [-0.05, 0) is 11.1 Å². The highest BCUT2D eigenvalue weighted by atomic mass is 16.2. The summed E-state index contributed by atoms with van der Waals surface area (Å²) in [5, 5.41) is 2.35.